The number of urea groups is 1. The molecule has 1 N–H and O–H groups in total. The largest absolute Gasteiger partial charge is 0.496 e. The van der Waals surface area contributed by atoms with E-state index in [4.69, 9.17) is 16.3 Å². The molecule has 28 heavy (non-hydrogen) atoms. The van der Waals surface area contributed by atoms with Gasteiger partial charge in [0.1, 0.15) is 11.3 Å². The van der Waals surface area contributed by atoms with Gasteiger partial charge in [0.2, 0.25) is 0 Å². The number of carbonyl (C=O) groups excluding carboxylic acids is 3. The molecule has 0 radical (unpaired) electrons. The maximum atomic E-state index is 12.5. The zero-order chi connectivity index (χ0) is 20.3. The topological polar surface area (TPSA) is 79.0 Å². The van der Waals surface area contributed by atoms with E-state index in [1.165, 1.54) is 11.9 Å². The highest BCUT2D eigenvalue weighted by atomic mass is 35.5. The van der Waals surface area contributed by atoms with Crippen molar-refractivity contribution in [1.82, 2.24) is 15.1 Å². The third-order valence-electron chi connectivity index (χ3n) is 5.66. The Morgan fingerprint density at radius 3 is 2.57 bits per heavy atom. The van der Waals surface area contributed by atoms with Crippen molar-refractivity contribution in [3.8, 4) is 5.75 Å². The molecule has 8 heteroatoms. The summed E-state index contributed by atoms with van der Waals surface area (Å²) in [5.74, 6) is 0.446. The van der Waals surface area contributed by atoms with Gasteiger partial charge in [-0.2, -0.15) is 0 Å². The van der Waals surface area contributed by atoms with Crippen LogP contribution >= 0.6 is 11.6 Å². The van der Waals surface area contributed by atoms with E-state index in [-0.39, 0.29) is 17.7 Å². The summed E-state index contributed by atoms with van der Waals surface area (Å²) in [7, 11) is 3.06. The molecule has 0 saturated carbocycles. The normalized spacial score (nSPS) is 19.2. The lowest BCUT2D eigenvalue weighted by molar-refractivity contribution is -0.132. The highest BCUT2D eigenvalue weighted by molar-refractivity contribution is 6.31. The number of nitrogens with one attached hydrogen (secondary N) is 1. The van der Waals surface area contributed by atoms with Crippen LogP contribution in [0.1, 0.15) is 42.5 Å². The number of hydrogen-bond acceptors (Lipinski definition) is 5. The Bertz CT molecular complexity index is 775. The summed E-state index contributed by atoms with van der Waals surface area (Å²) < 4.78 is 5.24. The van der Waals surface area contributed by atoms with Crippen LogP contribution in [0.5, 0.6) is 5.75 Å². The first kappa shape index (κ1) is 20.6. The number of ether oxygens (including phenoxy) is 1. The number of unbranched alkanes of at least 4 members (excludes halogenated alkanes) is 1. The van der Waals surface area contributed by atoms with E-state index < -0.39 is 5.54 Å². The van der Waals surface area contributed by atoms with E-state index in [0.717, 1.165) is 32.5 Å². The first-order valence-electron chi connectivity index (χ1n) is 9.56. The molecule has 0 aliphatic carbocycles. The van der Waals surface area contributed by atoms with Crippen molar-refractivity contribution < 1.29 is 19.1 Å². The highest BCUT2D eigenvalue weighted by Crippen LogP contribution is 2.29. The second kappa shape index (κ2) is 8.49. The number of halogens is 1. The van der Waals surface area contributed by atoms with Gasteiger partial charge in [-0.25, -0.2) is 4.79 Å². The summed E-state index contributed by atoms with van der Waals surface area (Å²) in [5.41, 5.74) is -0.198. The first-order valence-corrected chi connectivity index (χ1v) is 9.93. The molecule has 3 amide bonds. The van der Waals surface area contributed by atoms with Crippen LogP contribution < -0.4 is 10.1 Å². The molecule has 0 unspecified atom stereocenters. The summed E-state index contributed by atoms with van der Waals surface area (Å²) in [6.45, 7) is 2.39. The number of likely N-dealkylation sites (tertiary alicyclic amines) is 1. The lowest BCUT2D eigenvalue weighted by Gasteiger charge is -2.37. The Hall–Kier alpha value is -2.12. The molecule has 2 aliphatic heterocycles. The Labute approximate surface area is 169 Å². The molecule has 0 aromatic heterocycles. The number of ketones is 1. The molecular formula is C20H26ClN3O4. The van der Waals surface area contributed by atoms with Gasteiger partial charge in [-0.15, -0.1) is 0 Å². The zero-order valence-corrected chi connectivity index (χ0v) is 17.1. The number of nitrogens with zero attached hydrogens (tertiary/aromatic N) is 2. The standard InChI is InChI=1S/C20H26ClN3O4/c1-23-18(26)20(22-19(23)27)8-11-24(12-9-20)10-4-3-5-16(25)15-13-14(21)6-7-17(15)28-2/h6-7,13H,3-5,8-12H2,1-2H3,(H,22,27). The van der Waals surface area contributed by atoms with Gasteiger partial charge in [0.15, 0.2) is 5.78 Å². The number of imide groups is 1. The number of hydrogen-bond donors (Lipinski definition) is 1. The minimum Gasteiger partial charge on any atom is -0.496 e. The van der Waals surface area contributed by atoms with Gasteiger partial charge in [0, 0.05) is 31.6 Å². The minimum absolute atomic E-state index is 0.0271. The summed E-state index contributed by atoms with van der Waals surface area (Å²) in [6.07, 6.45) is 3.35. The van der Waals surface area contributed by atoms with E-state index in [1.807, 2.05) is 0 Å². The Kier molecular flexibility index (Phi) is 6.25. The molecule has 2 heterocycles. The minimum atomic E-state index is -0.721. The molecule has 2 fully saturated rings. The summed E-state index contributed by atoms with van der Waals surface area (Å²) >= 11 is 5.99. The Balaban J connectivity index is 1.42. The molecule has 3 rings (SSSR count). The molecule has 1 spiro atoms. The van der Waals surface area contributed by atoms with Crippen molar-refractivity contribution in [3.63, 3.8) is 0 Å². The van der Waals surface area contributed by atoms with Crippen molar-refractivity contribution in [2.45, 2.75) is 37.6 Å². The number of carbonyl (C=O) groups is 3. The van der Waals surface area contributed by atoms with Crippen LogP contribution in [0.3, 0.4) is 0 Å². The van der Waals surface area contributed by atoms with Crippen LogP contribution in [0.2, 0.25) is 5.02 Å². The van der Waals surface area contributed by atoms with Crippen molar-refractivity contribution in [2.24, 2.45) is 0 Å². The Morgan fingerprint density at radius 1 is 1.25 bits per heavy atom. The van der Waals surface area contributed by atoms with Gasteiger partial charge in [-0.1, -0.05) is 11.6 Å². The van der Waals surface area contributed by atoms with Gasteiger partial charge in [0.05, 0.1) is 12.7 Å². The SMILES string of the molecule is COc1ccc(Cl)cc1C(=O)CCCCN1CCC2(CC1)NC(=O)N(C)C2=O. The molecule has 1 aromatic carbocycles. The number of Topliss-reactive ketones (excluding diaryl/α,β-unsaturated/α-hetero) is 1. The zero-order valence-electron chi connectivity index (χ0n) is 16.3. The van der Waals surface area contributed by atoms with Gasteiger partial charge < -0.3 is 15.0 Å². The predicted octanol–water partition coefficient (Wildman–Crippen LogP) is 2.72. The van der Waals surface area contributed by atoms with Crippen LogP contribution in [-0.2, 0) is 4.79 Å². The highest BCUT2D eigenvalue weighted by Gasteiger charge is 2.50. The number of methoxy groups -OCH3 is 1. The fourth-order valence-electron chi connectivity index (χ4n) is 3.91. The lowest BCUT2D eigenvalue weighted by atomic mass is 9.87. The summed E-state index contributed by atoms with van der Waals surface area (Å²) in [5, 5.41) is 3.37. The van der Waals surface area contributed by atoms with Gasteiger partial charge in [-0.3, -0.25) is 14.5 Å². The quantitative estimate of drug-likeness (QED) is 0.427. The van der Waals surface area contributed by atoms with Gasteiger partial charge in [-0.05, 0) is 50.4 Å². The van der Waals surface area contributed by atoms with E-state index in [1.54, 1.807) is 25.3 Å². The molecule has 2 saturated heterocycles. The molecule has 1 aromatic rings. The number of benzene rings is 1. The fourth-order valence-corrected chi connectivity index (χ4v) is 4.08. The lowest BCUT2D eigenvalue weighted by Crippen LogP contribution is -2.54. The first-order chi connectivity index (χ1) is 13.4. The number of rotatable bonds is 7. The van der Waals surface area contributed by atoms with Crippen molar-refractivity contribution >= 4 is 29.3 Å². The van der Waals surface area contributed by atoms with E-state index in [2.05, 4.69) is 10.2 Å². The third-order valence-corrected chi connectivity index (χ3v) is 5.90. The molecular weight excluding hydrogens is 382 g/mol. The van der Waals surface area contributed by atoms with Crippen molar-refractivity contribution in [1.29, 1.82) is 0 Å². The second-order valence-corrected chi connectivity index (χ2v) is 7.88. The van der Waals surface area contributed by atoms with Crippen LogP contribution in [0.25, 0.3) is 0 Å². The smallest absolute Gasteiger partial charge is 0.324 e. The Morgan fingerprint density at radius 2 is 1.96 bits per heavy atom. The van der Waals surface area contributed by atoms with E-state index in [0.29, 0.717) is 35.6 Å². The molecule has 2 aliphatic rings. The van der Waals surface area contributed by atoms with Crippen LogP contribution in [0.15, 0.2) is 18.2 Å². The van der Waals surface area contributed by atoms with E-state index >= 15 is 0 Å². The van der Waals surface area contributed by atoms with Crippen LogP contribution in [0.4, 0.5) is 4.79 Å². The van der Waals surface area contributed by atoms with Gasteiger partial charge in [0.25, 0.3) is 5.91 Å². The molecule has 7 nitrogen and oxygen atoms in total. The van der Waals surface area contributed by atoms with E-state index in [9.17, 15) is 14.4 Å². The second-order valence-electron chi connectivity index (χ2n) is 7.44. The third kappa shape index (κ3) is 4.15. The van der Waals surface area contributed by atoms with Crippen LogP contribution in [-0.4, -0.2) is 66.9 Å². The van der Waals surface area contributed by atoms with Crippen LogP contribution in [0, 0.1) is 0 Å². The molecule has 0 atom stereocenters. The van der Waals surface area contributed by atoms with Gasteiger partial charge >= 0.3 is 6.03 Å². The average molecular weight is 408 g/mol. The maximum Gasteiger partial charge on any atom is 0.324 e. The van der Waals surface area contributed by atoms with Crippen molar-refractivity contribution in [3.05, 3.63) is 28.8 Å². The number of piperidine rings is 1. The summed E-state index contributed by atoms with van der Waals surface area (Å²) in [6, 6.07) is 4.75. The monoisotopic (exact) mass is 407 g/mol. The average Bonchev–Trinajstić information content (AvgIpc) is 2.90. The number of amides is 3. The maximum absolute atomic E-state index is 12.5. The number of likely N-dealkylation sites (N-methyl/N-ethyl adjacent to an activating group) is 1. The summed E-state index contributed by atoms with van der Waals surface area (Å²) in [4.78, 5) is 40.0. The van der Waals surface area contributed by atoms with Crippen molar-refractivity contribution in [2.75, 3.05) is 33.8 Å². The molecule has 152 valence electrons. The fraction of sp³-hybridized carbons (Fsp3) is 0.550. The predicted molar refractivity (Wildman–Crippen MR) is 106 cm³/mol. The molecule has 0 bridgehead atoms.